The number of rotatable bonds is 4. The first-order valence-corrected chi connectivity index (χ1v) is 8.66. The van der Waals surface area contributed by atoms with Gasteiger partial charge in [0, 0.05) is 49.6 Å². The summed E-state index contributed by atoms with van der Waals surface area (Å²) in [5.41, 5.74) is 4.13. The van der Waals surface area contributed by atoms with Crippen molar-refractivity contribution in [2.75, 3.05) is 36.4 Å². The van der Waals surface area contributed by atoms with Gasteiger partial charge in [0.2, 0.25) is 0 Å². The second-order valence-corrected chi connectivity index (χ2v) is 7.05. The molecule has 1 saturated carbocycles. The molecule has 1 unspecified atom stereocenters. The third-order valence-corrected chi connectivity index (χ3v) is 5.32. The van der Waals surface area contributed by atoms with Gasteiger partial charge in [0.05, 0.1) is 0 Å². The summed E-state index contributed by atoms with van der Waals surface area (Å²) in [5.74, 6) is 0. The first-order chi connectivity index (χ1) is 10.3. The topological polar surface area (TPSA) is 18.5 Å². The Hall–Kier alpha value is -1.22. The number of likely N-dealkylation sites (tertiary alicyclic amines) is 1. The Bertz CT molecular complexity index is 503. The van der Waals surface area contributed by atoms with Crippen LogP contribution in [0.2, 0.25) is 0 Å². The van der Waals surface area contributed by atoms with E-state index in [2.05, 4.69) is 40.2 Å². The normalized spacial score (nSPS) is 26.5. The van der Waals surface area contributed by atoms with E-state index in [1.807, 2.05) is 0 Å². The lowest BCUT2D eigenvalue weighted by Gasteiger charge is -2.21. The molecule has 0 bridgehead atoms. The second-order valence-electron chi connectivity index (χ2n) is 7.05. The van der Waals surface area contributed by atoms with E-state index >= 15 is 0 Å². The van der Waals surface area contributed by atoms with Gasteiger partial charge in [-0.3, -0.25) is 4.90 Å². The average Bonchev–Trinajstić information content (AvgIpc) is 3.01. The maximum Gasteiger partial charge on any atom is 0.0400 e. The number of benzene rings is 1. The fourth-order valence-corrected chi connectivity index (χ4v) is 3.88. The number of hydrogen-bond donors (Lipinski definition) is 1. The Kier molecular flexibility index (Phi) is 3.54. The Morgan fingerprint density at radius 2 is 1.86 bits per heavy atom. The largest absolute Gasteiger partial charge is 0.381 e. The third kappa shape index (κ3) is 2.89. The number of nitrogens with one attached hydrogen (secondary N) is 1. The summed E-state index contributed by atoms with van der Waals surface area (Å²) < 4.78 is 0. The lowest BCUT2D eigenvalue weighted by atomic mass is 10.1. The Labute approximate surface area is 128 Å². The van der Waals surface area contributed by atoms with Crippen molar-refractivity contribution in [3.05, 3.63) is 23.8 Å². The van der Waals surface area contributed by atoms with Crippen molar-refractivity contribution in [1.29, 1.82) is 0 Å². The van der Waals surface area contributed by atoms with Crippen LogP contribution in [0.25, 0.3) is 0 Å². The summed E-state index contributed by atoms with van der Waals surface area (Å²) >= 11 is 0. The van der Waals surface area contributed by atoms with Crippen molar-refractivity contribution in [1.82, 2.24) is 4.90 Å². The summed E-state index contributed by atoms with van der Waals surface area (Å²) in [6.07, 6.45) is 6.84. The van der Waals surface area contributed by atoms with Gasteiger partial charge in [0.15, 0.2) is 0 Å². The highest BCUT2D eigenvalue weighted by atomic mass is 15.2. The summed E-state index contributed by atoms with van der Waals surface area (Å²) in [4.78, 5) is 5.19. The van der Waals surface area contributed by atoms with E-state index in [9.17, 15) is 0 Å². The fraction of sp³-hybridized carbons (Fsp3) is 0.667. The smallest absolute Gasteiger partial charge is 0.0400 e. The fourth-order valence-electron chi connectivity index (χ4n) is 3.88. The first kappa shape index (κ1) is 13.4. The van der Waals surface area contributed by atoms with Crippen LogP contribution in [0.5, 0.6) is 0 Å². The zero-order chi connectivity index (χ0) is 14.2. The van der Waals surface area contributed by atoms with Crippen LogP contribution < -0.4 is 10.2 Å². The van der Waals surface area contributed by atoms with Gasteiger partial charge in [-0.1, -0.05) is 0 Å². The summed E-state index contributed by atoms with van der Waals surface area (Å²) in [6, 6.07) is 8.51. The molecule has 3 aliphatic rings. The van der Waals surface area contributed by atoms with Crippen molar-refractivity contribution >= 4 is 11.4 Å². The van der Waals surface area contributed by atoms with Crippen LogP contribution >= 0.6 is 0 Å². The molecule has 3 heteroatoms. The van der Waals surface area contributed by atoms with Crippen molar-refractivity contribution in [2.24, 2.45) is 0 Å². The Morgan fingerprint density at radius 1 is 1.05 bits per heavy atom. The zero-order valence-electron chi connectivity index (χ0n) is 13.1. The molecule has 21 heavy (non-hydrogen) atoms. The van der Waals surface area contributed by atoms with Crippen LogP contribution in [0.15, 0.2) is 18.2 Å². The van der Waals surface area contributed by atoms with E-state index in [1.165, 1.54) is 75.2 Å². The maximum absolute atomic E-state index is 3.78. The molecule has 2 aliphatic heterocycles. The summed E-state index contributed by atoms with van der Waals surface area (Å²) in [7, 11) is 0. The quantitative estimate of drug-likeness (QED) is 0.916. The molecule has 1 aromatic carbocycles. The molecule has 2 heterocycles. The number of aryl methyl sites for hydroxylation is 1. The minimum atomic E-state index is 0.641. The van der Waals surface area contributed by atoms with E-state index in [-0.39, 0.29) is 0 Å². The lowest BCUT2D eigenvalue weighted by Crippen LogP contribution is -2.28. The molecule has 1 atom stereocenters. The van der Waals surface area contributed by atoms with Gasteiger partial charge in [-0.25, -0.2) is 0 Å². The summed E-state index contributed by atoms with van der Waals surface area (Å²) in [5, 5.41) is 3.78. The molecule has 3 nitrogen and oxygen atoms in total. The molecule has 1 aromatic rings. The van der Waals surface area contributed by atoms with Crippen LogP contribution in [0.4, 0.5) is 11.4 Å². The van der Waals surface area contributed by atoms with Gasteiger partial charge in [0.1, 0.15) is 0 Å². The average molecular weight is 285 g/mol. The molecular formula is C18H27N3. The molecule has 4 rings (SSSR count). The number of hydrogen-bond acceptors (Lipinski definition) is 3. The highest BCUT2D eigenvalue weighted by Crippen LogP contribution is 2.31. The van der Waals surface area contributed by atoms with Gasteiger partial charge in [-0.05, 0) is 62.8 Å². The van der Waals surface area contributed by atoms with Gasteiger partial charge in [-0.15, -0.1) is 0 Å². The predicted octanol–water partition coefficient (Wildman–Crippen LogP) is 3.24. The maximum atomic E-state index is 3.78. The molecule has 0 aromatic heterocycles. The Balaban J connectivity index is 1.40. The molecule has 2 saturated heterocycles. The van der Waals surface area contributed by atoms with E-state index in [1.54, 1.807) is 0 Å². The monoisotopic (exact) mass is 285 g/mol. The molecule has 0 amide bonds. The molecule has 3 fully saturated rings. The van der Waals surface area contributed by atoms with Gasteiger partial charge >= 0.3 is 0 Å². The molecule has 0 radical (unpaired) electrons. The molecule has 1 aliphatic carbocycles. The van der Waals surface area contributed by atoms with Crippen molar-refractivity contribution in [3.8, 4) is 0 Å². The third-order valence-electron chi connectivity index (χ3n) is 5.32. The highest BCUT2D eigenvalue weighted by molar-refractivity contribution is 5.61. The SMILES string of the molecule is Cc1cc(N2CCCC2)ccc1NC1CCN(C2CC2)C1. The zero-order valence-corrected chi connectivity index (χ0v) is 13.1. The summed E-state index contributed by atoms with van der Waals surface area (Å²) in [6.45, 7) is 7.22. The first-order valence-electron chi connectivity index (χ1n) is 8.66. The van der Waals surface area contributed by atoms with E-state index < -0.39 is 0 Å². The van der Waals surface area contributed by atoms with Crippen LogP contribution in [-0.4, -0.2) is 43.2 Å². The Morgan fingerprint density at radius 3 is 2.57 bits per heavy atom. The lowest BCUT2D eigenvalue weighted by molar-refractivity contribution is 0.326. The van der Waals surface area contributed by atoms with Crippen LogP contribution in [0, 0.1) is 6.92 Å². The minimum absolute atomic E-state index is 0.641. The van der Waals surface area contributed by atoms with E-state index in [4.69, 9.17) is 0 Å². The predicted molar refractivity (Wildman–Crippen MR) is 89.2 cm³/mol. The van der Waals surface area contributed by atoms with Crippen molar-refractivity contribution < 1.29 is 0 Å². The van der Waals surface area contributed by atoms with Crippen molar-refractivity contribution in [2.45, 2.75) is 51.1 Å². The van der Waals surface area contributed by atoms with Crippen LogP contribution in [0.3, 0.4) is 0 Å². The van der Waals surface area contributed by atoms with Crippen LogP contribution in [0.1, 0.15) is 37.7 Å². The van der Waals surface area contributed by atoms with Gasteiger partial charge in [0.25, 0.3) is 0 Å². The molecule has 1 N–H and O–H groups in total. The van der Waals surface area contributed by atoms with Crippen LogP contribution in [-0.2, 0) is 0 Å². The number of nitrogens with zero attached hydrogens (tertiary/aromatic N) is 2. The minimum Gasteiger partial charge on any atom is -0.381 e. The second kappa shape index (κ2) is 5.53. The van der Waals surface area contributed by atoms with E-state index in [0.29, 0.717) is 6.04 Å². The highest BCUT2D eigenvalue weighted by Gasteiger charge is 2.34. The van der Waals surface area contributed by atoms with Gasteiger partial charge in [-0.2, -0.15) is 0 Å². The number of anilines is 2. The molecule has 0 spiro atoms. The van der Waals surface area contributed by atoms with E-state index in [0.717, 1.165) is 6.04 Å². The molecular weight excluding hydrogens is 258 g/mol. The molecule has 114 valence electrons. The standard InChI is InChI=1S/C18H27N3/c1-14-12-17(20-9-2-3-10-20)6-7-18(14)19-15-8-11-21(13-15)16-4-5-16/h6-7,12,15-16,19H,2-5,8-11,13H2,1H3. The van der Waals surface area contributed by atoms with Crippen molar-refractivity contribution in [3.63, 3.8) is 0 Å². The van der Waals surface area contributed by atoms with Gasteiger partial charge < -0.3 is 10.2 Å².